The number of carbonyl (C=O) groups is 1. The van der Waals surface area contributed by atoms with E-state index in [4.69, 9.17) is 9.47 Å². The number of benzene rings is 1. The van der Waals surface area contributed by atoms with Gasteiger partial charge in [-0.05, 0) is 60.7 Å². The van der Waals surface area contributed by atoms with Crippen molar-refractivity contribution in [1.29, 1.82) is 0 Å². The van der Waals surface area contributed by atoms with Crippen molar-refractivity contribution < 1.29 is 14.3 Å². The van der Waals surface area contributed by atoms with Gasteiger partial charge in [0.25, 0.3) is 0 Å². The van der Waals surface area contributed by atoms with Crippen molar-refractivity contribution in [3.63, 3.8) is 0 Å². The predicted molar refractivity (Wildman–Crippen MR) is 65.9 cm³/mol. The lowest BCUT2D eigenvalue weighted by Gasteiger charge is -2.13. The van der Waals surface area contributed by atoms with Crippen molar-refractivity contribution >= 4 is 28.6 Å². The summed E-state index contributed by atoms with van der Waals surface area (Å²) in [7, 11) is 0. The van der Waals surface area contributed by atoms with E-state index in [-0.39, 0.29) is 5.97 Å². The molecule has 0 spiro atoms. The van der Waals surface area contributed by atoms with Crippen molar-refractivity contribution in [2.75, 3.05) is 6.61 Å². The summed E-state index contributed by atoms with van der Waals surface area (Å²) in [6, 6.07) is 7.51. The minimum Gasteiger partial charge on any atom is -0.479 e. The second-order valence-corrected chi connectivity index (χ2v) is 4.21. The third-order valence-corrected chi connectivity index (χ3v) is 2.46. The molecule has 0 fully saturated rings. The third kappa shape index (κ3) is 4.07. The molecule has 0 radical (unpaired) electrons. The fourth-order valence-corrected chi connectivity index (χ4v) is 1.38. The van der Waals surface area contributed by atoms with Gasteiger partial charge in [0.1, 0.15) is 5.75 Å². The zero-order chi connectivity index (χ0) is 11.3. The van der Waals surface area contributed by atoms with E-state index in [1.165, 1.54) is 0 Å². The Labute approximate surface area is 103 Å². The Kier molecular flexibility index (Phi) is 4.87. The molecular formula is C11H13IO3. The first-order valence-electron chi connectivity index (χ1n) is 4.72. The Morgan fingerprint density at radius 2 is 2.00 bits per heavy atom. The second-order valence-electron chi connectivity index (χ2n) is 2.97. The molecule has 3 nitrogen and oxygen atoms in total. The Morgan fingerprint density at radius 3 is 2.53 bits per heavy atom. The largest absolute Gasteiger partial charge is 0.479 e. The molecule has 82 valence electrons. The first-order valence-corrected chi connectivity index (χ1v) is 5.80. The highest BCUT2D eigenvalue weighted by molar-refractivity contribution is 14.1. The lowest BCUT2D eigenvalue weighted by atomic mass is 10.3. The van der Waals surface area contributed by atoms with E-state index in [2.05, 4.69) is 22.6 Å². The monoisotopic (exact) mass is 320 g/mol. The van der Waals surface area contributed by atoms with Crippen LogP contribution in [-0.4, -0.2) is 18.7 Å². The standard InChI is InChI=1S/C11H13IO3/c1-3-14-11(13)8(2)15-10-6-4-9(12)5-7-10/h4-8H,3H2,1-2H3/t8-/m1/s1. The fourth-order valence-electron chi connectivity index (χ4n) is 1.03. The van der Waals surface area contributed by atoms with Crippen LogP contribution in [0.5, 0.6) is 5.75 Å². The second kappa shape index (κ2) is 5.95. The van der Waals surface area contributed by atoms with Crippen molar-refractivity contribution in [3.8, 4) is 5.75 Å². The van der Waals surface area contributed by atoms with Gasteiger partial charge in [0.05, 0.1) is 6.61 Å². The Hall–Kier alpha value is -0.780. The van der Waals surface area contributed by atoms with Gasteiger partial charge in [-0.3, -0.25) is 0 Å². The first kappa shape index (κ1) is 12.3. The molecule has 1 atom stereocenters. The summed E-state index contributed by atoms with van der Waals surface area (Å²) in [5, 5.41) is 0. The van der Waals surface area contributed by atoms with Crippen LogP contribution in [0, 0.1) is 3.57 Å². The number of carbonyl (C=O) groups excluding carboxylic acids is 1. The summed E-state index contributed by atoms with van der Waals surface area (Å²) in [4.78, 5) is 11.3. The van der Waals surface area contributed by atoms with Gasteiger partial charge in [-0.1, -0.05) is 0 Å². The summed E-state index contributed by atoms with van der Waals surface area (Å²) in [5.41, 5.74) is 0. The van der Waals surface area contributed by atoms with Crippen LogP contribution >= 0.6 is 22.6 Å². The smallest absolute Gasteiger partial charge is 0.347 e. The number of hydrogen-bond donors (Lipinski definition) is 0. The highest BCUT2D eigenvalue weighted by Gasteiger charge is 2.15. The quantitative estimate of drug-likeness (QED) is 0.632. The molecule has 0 aliphatic rings. The molecule has 1 aromatic rings. The molecule has 0 aliphatic heterocycles. The Balaban J connectivity index is 2.54. The molecule has 0 N–H and O–H groups in total. The van der Waals surface area contributed by atoms with Gasteiger partial charge < -0.3 is 9.47 Å². The van der Waals surface area contributed by atoms with E-state index in [0.717, 1.165) is 3.57 Å². The van der Waals surface area contributed by atoms with Crippen molar-refractivity contribution in [1.82, 2.24) is 0 Å². The lowest BCUT2D eigenvalue weighted by Crippen LogP contribution is -2.25. The molecule has 0 bridgehead atoms. The molecule has 0 saturated heterocycles. The molecule has 0 aliphatic carbocycles. The van der Waals surface area contributed by atoms with Crippen LogP contribution in [0.3, 0.4) is 0 Å². The molecule has 0 unspecified atom stereocenters. The number of hydrogen-bond acceptors (Lipinski definition) is 3. The number of rotatable bonds is 4. The van der Waals surface area contributed by atoms with Crippen LogP contribution in [0.2, 0.25) is 0 Å². The normalized spacial score (nSPS) is 11.9. The first-order chi connectivity index (χ1) is 7.13. The van der Waals surface area contributed by atoms with Crippen LogP contribution in [0.4, 0.5) is 0 Å². The van der Waals surface area contributed by atoms with Crippen LogP contribution < -0.4 is 4.74 Å². The van der Waals surface area contributed by atoms with Gasteiger partial charge >= 0.3 is 5.97 Å². The molecule has 15 heavy (non-hydrogen) atoms. The average Bonchev–Trinajstić information content (AvgIpc) is 2.22. The van der Waals surface area contributed by atoms with Crippen molar-refractivity contribution in [2.45, 2.75) is 20.0 Å². The number of ether oxygens (including phenoxy) is 2. The van der Waals surface area contributed by atoms with Gasteiger partial charge in [-0.2, -0.15) is 0 Å². The van der Waals surface area contributed by atoms with E-state index in [1.807, 2.05) is 24.3 Å². The maximum Gasteiger partial charge on any atom is 0.347 e. The summed E-state index contributed by atoms with van der Waals surface area (Å²) in [6.45, 7) is 3.82. The van der Waals surface area contributed by atoms with Gasteiger partial charge in [-0.25, -0.2) is 4.79 Å². The third-order valence-electron chi connectivity index (χ3n) is 1.75. The molecule has 0 saturated carbocycles. The minimum atomic E-state index is -0.565. The fraction of sp³-hybridized carbons (Fsp3) is 0.364. The zero-order valence-electron chi connectivity index (χ0n) is 8.70. The van der Waals surface area contributed by atoms with Gasteiger partial charge in [0.15, 0.2) is 6.10 Å². The summed E-state index contributed by atoms with van der Waals surface area (Å²) in [5.74, 6) is 0.340. The van der Waals surface area contributed by atoms with Gasteiger partial charge in [-0.15, -0.1) is 0 Å². The average molecular weight is 320 g/mol. The molecule has 1 aromatic carbocycles. The highest BCUT2D eigenvalue weighted by atomic mass is 127. The van der Waals surface area contributed by atoms with E-state index in [0.29, 0.717) is 12.4 Å². The Bertz CT molecular complexity index is 321. The number of esters is 1. The van der Waals surface area contributed by atoms with E-state index in [9.17, 15) is 4.79 Å². The number of halogens is 1. The van der Waals surface area contributed by atoms with Crippen molar-refractivity contribution in [3.05, 3.63) is 27.8 Å². The van der Waals surface area contributed by atoms with Gasteiger partial charge in [0, 0.05) is 3.57 Å². The highest BCUT2D eigenvalue weighted by Crippen LogP contribution is 2.15. The maximum atomic E-state index is 11.3. The zero-order valence-corrected chi connectivity index (χ0v) is 10.9. The van der Waals surface area contributed by atoms with Crippen LogP contribution in [0.15, 0.2) is 24.3 Å². The maximum absolute atomic E-state index is 11.3. The van der Waals surface area contributed by atoms with Crippen LogP contribution in [-0.2, 0) is 9.53 Å². The van der Waals surface area contributed by atoms with E-state index >= 15 is 0 Å². The van der Waals surface area contributed by atoms with Crippen LogP contribution in [0.1, 0.15) is 13.8 Å². The molecule has 4 heteroatoms. The molecule has 1 rings (SSSR count). The van der Waals surface area contributed by atoms with E-state index < -0.39 is 6.10 Å². The summed E-state index contributed by atoms with van der Waals surface area (Å²) in [6.07, 6.45) is -0.565. The van der Waals surface area contributed by atoms with E-state index in [1.54, 1.807) is 13.8 Å². The lowest BCUT2D eigenvalue weighted by molar-refractivity contribution is -0.150. The predicted octanol–water partition coefficient (Wildman–Crippen LogP) is 2.62. The summed E-state index contributed by atoms with van der Waals surface area (Å²) < 4.78 is 11.4. The summed E-state index contributed by atoms with van der Waals surface area (Å²) >= 11 is 2.21. The minimum absolute atomic E-state index is 0.337. The SMILES string of the molecule is CCOC(=O)[C@@H](C)Oc1ccc(I)cc1. The topological polar surface area (TPSA) is 35.5 Å². The molecular weight excluding hydrogens is 307 g/mol. The Morgan fingerprint density at radius 1 is 1.40 bits per heavy atom. The molecule has 0 aromatic heterocycles. The van der Waals surface area contributed by atoms with Crippen LogP contribution in [0.25, 0.3) is 0 Å². The van der Waals surface area contributed by atoms with Gasteiger partial charge in [0.2, 0.25) is 0 Å². The molecule has 0 amide bonds. The molecule has 0 heterocycles. The van der Waals surface area contributed by atoms with Crippen molar-refractivity contribution in [2.24, 2.45) is 0 Å².